The third-order valence-electron chi connectivity index (χ3n) is 2.52. The maximum atomic E-state index is 10.7. The normalized spacial score (nSPS) is 14.8. The molecule has 0 fully saturated rings. The SMILES string of the molecule is O=C(O)c1ccc(C2=CC=CCC2)cc1. The van der Waals surface area contributed by atoms with Crippen LogP contribution in [0, 0.1) is 0 Å². The summed E-state index contributed by atoms with van der Waals surface area (Å²) >= 11 is 0. The van der Waals surface area contributed by atoms with E-state index in [9.17, 15) is 4.79 Å². The van der Waals surface area contributed by atoms with Crippen molar-refractivity contribution in [3.8, 4) is 0 Å². The fourth-order valence-corrected chi connectivity index (χ4v) is 1.67. The van der Waals surface area contributed by atoms with Crippen molar-refractivity contribution in [2.24, 2.45) is 0 Å². The Kier molecular flexibility index (Phi) is 2.68. The summed E-state index contributed by atoms with van der Waals surface area (Å²) in [6, 6.07) is 7.04. The summed E-state index contributed by atoms with van der Waals surface area (Å²) in [5.41, 5.74) is 2.73. The summed E-state index contributed by atoms with van der Waals surface area (Å²) in [5, 5.41) is 8.76. The highest BCUT2D eigenvalue weighted by molar-refractivity contribution is 5.88. The molecule has 2 nitrogen and oxygen atoms in total. The Morgan fingerprint density at radius 2 is 1.93 bits per heavy atom. The molecule has 1 aromatic rings. The molecule has 0 saturated carbocycles. The fourth-order valence-electron chi connectivity index (χ4n) is 1.67. The number of hydrogen-bond acceptors (Lipinski definition) is 1. The lowest BCUT2D eigenvalue weighted by Crippen LogP contribution is -1.96. The molecule has 0 aromatic heterocycles. The summed E-state index contributed by atoms with van der Waals surface area (Å²) in [7, 11) is 0. The standard InChI is InChI=1S/C13H12O2/c14-13(15)12-8-6-11(7-9-12)10-4-2-1-3-5-10/h1-2,4,6-9H,3,5H2,(H,14,15). The molecule has 76 valence electrons. The van der Waals surface area contributed by atoms with Gasteiger partial charge < -0.3 is 5.11 Å². The summed E-state index contributed by atoms with van der Waals surface area (Å²) < 4.78 is 0. The first-order valence-electron chi connectivity index (χ1n) is 4.97. The second-order valence-electron chi connectivity index (χ2n) is 3.54. The van der Waals surface area contributed by atoms with Crippen LogP contribution in [0.1, 0.15) is 28.8 Å². The van der Waals surface area contributed by atoms with E-state index in [1.165, 1.54) is 5.57 Å². The highest BCUT2D eigenvalue weighted by Crippen LogP contribution is 2.23. The zero-order valence-electron chi connectivity index (χ0n) is 8.31. The third kappa shape index (κ3) is 2.15. The largest absolute Gasteiger partial charge is 0.478 e. The van der Waals surface area contributed by atoms with Crippen LogP contribution in [0.25, 0.3) is 5.57 Å². The van der Waals surface area contributed by atoms with E-state index in [1.807, 2.05) is 18.2 Å². The Bertz CT molecular complexity index is 424. The Morgan fingerprint density at radius 3 is 2.47 bits per heavy atom. The lowest BCUT2D eigenvalue weighted by atomic mass is 9.97. The molecule has 15 heavy (non-hydrogen) atoms. The quantitative estimate of drug-likeness (QED) is 0.796. The van der Waals surface area contributed by atoms with Crippen LogP contribution in [0.4, 0.5) is 0 Å². The van der Waals surface area contributed by atoms with Gasteiger partial charge in [-0.3, -0.25) is 0 Å². The van der Waals surface area contributed by atoms with Gasteiger partial charge in [-0.1, -0.05) is 30.4 Å². The van der Waals surface area contributed by atoms with Gasteiger partial charge in [-0.05, 0) is 36.1 Å². The van der Waals surface area contributed by atoms with E-state index >= 15 is 0 Å². The monoisotopic (exact) mass is 200 g/mol. The Hall–Kier alpha value is -1.83. The Morgan fingerprint density at radius 1 is 1.20 bits per heavy atom. The van der Waals surface area contributed by atoms with E-state index < -0.39 is 5.97 Å². The fraction of sp³-hybridized carbons (Fsp3) is 0.154. The average molecular weight is 200 g/mol. The molecule has 1 aromatic carbocycles. The number of carboxylic acid groups (broad SMARTS) is 1. The lowest BCUT2D eigenvalue weighted by molar-refractivity contribution is 0.0697. The molecule has 2 rings (SSSR count). The Labute approximate surface area is 88.6 Å². The molecule has 0 heterocycles. The minimum atomic E-state index is -0.876. The van der Waals surface area contributed by atoms with Gasteiger partial charge in [-0.2, -0.15) is 0 Å². The molecule has 1 aliphatic carbocycles. The molecule has 1 N–H and O–H groups in total. The van der Waals surface area contributed by atoms with Crippen LogP contribution in [0.2, 0.25) is 0 Å². The molecule has 1 aliphatic rings. The van der Waals surface area contributed by atoms with Gasteiger partial charge >= 0.3 is 5.97 Å². The van der Waals surface area contributed by atoms with Crippen molar-refractivity contribution in [3.63, 3.8) is 0 Å². The highest BCUT2D eigenvalue weighted by Gasteiger charge is 2.05. The van der Waals surface area contributed by atoms with Gasteiger partial charge in [0.25, 0.3) is 0 Å². The molecule has 0 radical (unpaired) electrons. The topological polar surface area (TPSA) is 37.3 Å². The van der Waals surface area contributed by atoms with Crippen LogP contribution in [-0.4, -0.2) is 11.1 Å². The summed E-state index contributed by atoms with van der Waals surface area (Å²) in [6.45, 7) is 0. The molecular formula is C13H12O2. The summed E-state index contributed by atoms with van der Waals surface area (Å²) in [5.74, 6) is -0.876. The zero-order chi connectivity index (χ0) is 10.7. The molecule has 0 amide bonds. The van der Waals surface area contributed by atoms with Crippen LogP contribution in [0.3, 0.4) is 0 Å². The number of benzene rings is 1. The minimum Gasteiger partial charge on any atom is -0.478 e. The van der Waals surface area contributed by atoms with Gasteiger partial charge in [0.1, 0.15) is 0 Å². The second-order valence-corrected chi connectivity index (χ2v) is 3.54. The van der Waals surface area contributed by atoms with Crippen molar-refractivity contribution >= 4 is 11.5 Å². The molecule has 0 unspecified atom stereocenters. The van der Waals surface area contributed by atoms with Crippen LogP contribution in [-0.2, 0) is 0 Å². The third-order valence-corrected chi connectivity index (χ3v) is 2.52. The highest BCUT2D eigenvalue weighted by atomic mass is 16.4. The predicted molar refractivity (Wildman–Crippen MR) is 59.8 cm³/mol. The average Bonchev–Trinajstić information content (AvgIpc) is 2.30. The smallest absolute Gasteiger partial charge is 0.335 e. The van der Waals surface area contributed by atoms with Crippen molar-refractivity contribution in [1.29, 1.82) is 0 Å². The number of allylic oxidation sites excluding steroid dienone is 4. The van der Waals surface area contributed by atoms with Crippen molar-refractivity contribution in [1.82, 2.24) is 0 Å². The van der Waals surface area contributed by atoms with Gasteiger partial charge in [0.05, 0.1) is 5.56 Å². The molecule has 0 saturated heterocycles. The molecule has 0 bridgehead atoms. The van der Waals surface area contributed by atoms with Crippen LogP contribution in [0.5, 0.6) is 0 Å². The van der Waals surface area contributed by atoms with Crippen LogP contribution >= 0.6 is 0 Å². The van der Waals surface area contributed by atoms with E-state index in [2.05, 4.69) is 12.2 Å². The van der Waals surface area contributed by atoms with Gasteiger partial charge in [0.15, 0.2) is 0 Å². The van der Waals surface area contributed by atoms with Gasteiger partial charge in [-0.15, -0.1) is 0 Å². The van der Waals surface area contributed by atoms with Crippen LogP contribution in [0.15, 0.2) is 42.5 Å². The van der Waals surface area contributed by atoms with E-state index in [4.69, 9.17) is 5.11 Å². The first kappa shape index (κ1) is 9.71. The number of carbonyl (C=O) groups is 1. The maximum Gasteiger partial charge on any atom is 0.335 e. The zero-order valence-corrected chi connectivity index (χ0v) is 8.31. The second kappa shape index (κ2) is 4.13. The first-order valence-corrected chi connectivity index (χ1v) is 4.97. The molecule has 0 aliphatic heterocycles. The van der Waals surface area contributed by atoms with E-state index in [1.54, 1.807) is 12.1 Å². The molecule has 2 heteroatoms. The van der Waals surface area contributed by atoms with Gasteiger partial charge in [0, 0.05) is 0 Å². The van der Waals surface area contributed by atoms with E-state index in [0.29, 0.717) is 5.56 Å². The number of rotatable bonds is 2. The predicted octanol–water partition coefficient (Wildman–Crippen LogP) is 3.12. The molecular weight excluding hydrogens is 188 g/mol. The Balaban J connectivity index is 2.27. The lowest BCUT2D eigenvalue weighted by Gasteiger charge is -2.09. The van der Waals surface area contributed by atoms with Crippen LogP contribution < -0.4 is 0 Å². The van der Waals surface area contributed by atoms with Crippen molar-refractivity contribution in [2.45, 2.75) is 12.8 Å². The number of hydrogen-bond donors (Lipinski definition) is 1. The molecule has 0 spiro atoms. The van der Waals surface area contributed by atoms with E-state index in [0.717, 1.165) is 18.4 Å². The van der Waals surface area contributed by atoms with Crippen molar-refractivity contribution < 1.29 is 9.90 Å². The van der Waals surface area contributed by atoms with E-state index in [-0.39, 0.29) is 0 Å². The number of aromatic carboxylic acids is 1. The summed E-state index contributed by atoms with van der Waals surface area (Å²) in [6.07, 6.45) is 8.35. The molecule has 0 atom stereocenters. The van der Waals surface area contributed by atoms with Crippen molar-refractivity contribution in [3.05, 3.63) is 53.6 Å². The minimum absolute atomic E-state index is 0.339. The van der Waals surface area contributed by atoms with Crippen molar-refractivity contribution in [2.75, 3.05) is 0 Å². The number of carboxylic acids is 1. The first-order chi connectivity index (χ1) is 7.27. The van der Waals surface area contributed by atoms with Gasteiger partial charge in [-0.25, -0.2) is 4.79 Å². The maximum absolute atomic E-state index is 10.7. The summed E-state index contributed by atoms with van der Waals surface area (Å²) in [4.78, 5) is 10.7. The van der Waals surface area contributed by atoms with Gasteiger partial charge in [0.2, 0.25) is 0 Å².